The molecule has 0 spiro atoms. The Morgan fingerprint density at radius 1 is 0.900 bits per heavy atom. The van der Waals surface area contributed by atoms with E-state index in [4.69, 9.17) is 14.2 Å². The zero-order valence-electron chi connectivity index (χ0n) is 11.8. The molecule has 0 radical (unpaired) electrons. The molecule has 0 bridgehead atoms. The fourth-order valence-corrected chi connectivity index (χ4v) is 2.07. The Bertz CT molecular complexity index is 621. The van der Waals surface area contributed by atoms with Gasteiger partial charge in [0, 0.05) is 10.8 Å². The first-order valence-corrected chi connectivity index (χ1v) is 6.45. The number of benzene rings is 2. The van der Waals surface area contributed by atoms with Crippen molar-refractivity contribution in [3.05, 3.63) is 18.2 Å². The summed E-state index contributed by atoms with van der Waals surface area (Å²) in [6.07, 6.45) is 0. The zero-order chi connectivity index (χ0) is 14.7. The third kappa shape index (κ3) is 2.27. The van der Waals surface area contributed by atoms with Gasteiger partial charge in [0.1, 0.15) is 5.75 Å². The summed E-state index contributed by atoms with van der Waals surface area (Å²) in [6.45, 7) is 4.30. The molecule has 0 saturated carbocycles. The summed E-state index contributed by atoms with van der Waals surface area (Å²) >= 11 is 0. The van der Waals surface area contributed by atoms with Crippen LogP contribution in [0.25, 0.3) is 10.8 Å². The maximum atomic E-state index is 10.4. The molecule has 5 nitrogen and oxygen atoms in total. The van der Waals surface area contributed by atoms with E-state index < -0.39 is 0 Å². The maximum absolute atomic E-state index is 10.4. The molecule has 0 saturated heterocycles. The van der Waals surface area contributed by atoms with Crippen molar-refractivity contribution in [2.45, 2.75) is 13.8 Å². The minimum absolute atomic E-state index is 0.0502. The van der Waals surface area contributed by atoms with Crippen LogP contribution in [-0.4, -0.2) is 30.5 Å². The Kier molecular flexibility index (Phi) is 4.08. The number of ether oxygens (including phenoxy) is 3. The molecule has 2 aromatic rings. The summed E-state index contributed by atoms with van der Waals surface area (Å²) in [4.78, 5) is 0. The van der Waals surface area contributed by atoms with Crippen LogP contribution in [0.3, 0.4) is 0 Å². The van der Waals surface area contributed by atoms with E-state index in [2.05, 4.69) is 0 Å². The molecule has 0 atom stereocenters. The molecule has 0 heterocycles. The average Bonchev–Trinajstić information content (AvgIpc) is 2.47. The van der Waals surface area contributed by atoms with E-state index in [1.54, 1.807) is 32.0 Å². The summed E-state index contributed by atoms with van der Waals surface area (Å²) in [5.41, 5.74) is 0. The Labute approximate surface area is 117 Å². The van der Waals surface area contributed by atoms with Gasteiger partial charge >= 0.3 is 0 Å². The standard InChI is InChI=1S/C15H18O5/c1-4-19-14-12(16)10-7-6-9(18-3)8-11(10)13(17)15(14)20-5-2/h6-8,16-17H,4-5H2,1-3H3. The molecule has 0 fully saturated rings. The number of hydrogen-bond donors (Lipinski definition) is 2. The minimum Gasteiger partial charge on any atom is -0.504 e. The van der Waals surface area contributed by atoms with Gasteiger partial charge in [-0.25, -0.2) is 0 Å². The van der Waals surface area contributed by atoms with Crippen molar-refractivity contribution < 1.29 is 24.4 Å². The molecule has 0 amide bonds. The quantitative estimate of drug-likeness (QED) is 0.823. The number of fused-ring (bicyclic) bond motifs is 1. The van der Waals surface area contributed by atoms with Crippen LogP contribution in [-0.2, 0) is 0 Å². The monoisotopic (exact) mass is 278 g/mol. The third-order valence-corrected chi connectivity index (χ3v) is 2.95. The van der Waals surface area contributed by atoms with E-state index in [1.807, 2.05) is 0 Å². The van der Waals surface area contributed by atoms with E-state index in [1.165, 1.54) is 7.11 Å². The van der Waals surface area contributed by atoms with Gasteiger partial charge in [-0.1, -0.05) is 0 Å². The number of aromatic hydroxyl groups is 2. The van der Waals surface area contributed by atoms with Gasteiger partial charge in [-0.3, -0.25) is 0 Å². The normalized spacial score (nSPS) is 10.6. The molecule has 5 heteroatoms. The Morgan fingerprint density at radius 3 is 1.95 bits per heavy atom. The van der Waals surface area contributed by atoms with Gasteiger partial charge in [0.25, 0.3) is 0 Å². The molecule has 0 unspecified atom stereocenters. The molecular weight excluding hydrogens is 260 g/mol. The van der Waals surface area contributed by atoms with Crippen molar-refractivity contribution in [3.63, 3.8) is 0 Å². The predicted molar refractivity (Wildman–Crippen MR) is 76.2 cm³/mol. The lowest BCUT2D eigenvalue weighted by molar-refractivity contribution is 0.266. The highest BCUT2D eigenvalue weighted by Gasteiger charge is 2.21. The lowest BCUT2D eigenvalue weighted by atomic mass is 10.1. The van der Waals surface area contributed by atoms with Gasteiger partial charge in [0.2, 0.25) is 11.5 Å². The summed E-state index contributed by atoms with van der Waals surface area (Å²) < 4.78 is 15.9. The fourth-order valence-electron chi connectivity index (χ4n) is 2.07. The first-order chi connectivity index (χ1) is 9.63. The lowest BCUT2D eigenvalue weighted by Gasteiger charge is -2.16. The van der Waals surface area contributed by atoms with Crippen LogP contribution in [0.4, 0.5) is 0 Å². The summed E-state index contributed by atoms with van der Waals surface area (Å²) in [6, 6.07) is 5.02. The molecule has 0 aliphatic heterocycles. The van der Waals surface area contributed by atoms with Crippen LogP contribution in [0.5, 0.6) is 28.7 Å². The first kappa shape index (κ1) is 14.1. The SMILES string of the molecule is CCOc1c(OCC)c(O)c2cc(OC)ccc2c1O. The van der Waals surface area contributed by atoms with Crippen LogP contribution in [0.15, 0.2) is 18.2 Å². The van der Waals surface area contributed by atoms with E-state index in [0.717, 1.165) is 0 Å². The molecule has 0 aromatic heterocycles. The highest BCUT2D eigenvalue weighted by molar-refractivity contribution is 5.98. The molecule has 2 N–H and O–H groups in total. The van der Waals surface area contributed by atoms with Gasteiger partial charge in [0.15, 0.2) is 11.5 Å². The molecule has 2 rings (SSSR count). The van der Waals surface area contributed by atoms with E-state index >= 15 is 0 Å². The molecule has 0 aliphatic carbocycles. The van der Waals surface area contributed by atoms with Crippen molar-refractivity contribution in [2.24, 2.45) is 0 Å². The van der Waals surface area contributed by atoms with Crippen molar-refractivity contribution in [3.8, 4) is 28.7 Å². The highest BCUT2D eigenvalue weighted by Crippen LogP contribution is 2.50. The molecule has 20 heavy (non-hydrogen) atoms. The van der Waals surface area contributed by atoms with Crippen molar-refractivity contribution >= 4 is 10.8 Å². The number of hydrogen-bond acceptors (Lipinski definition) is 5. The maximum Gasteiger partial charge on any atom is 0.207 e. The third-order valence-electron chi connectivity index (χ3n) is 2.95. The van der Waals surface area contributed by atoms with Gasteiger partial charge in [-0.2, -0.15) is 0 Å². The summed E-state index contributed by atoms with van der Waals surface area (Å²) in [5, 5.41) is 21.6. The number of phenols is 2. The zero-order valence-corrected chi connectivity index (χ0v) is 11.8. The second-order valence-electron chi connectivity index (χ2n) is 4.13. The highest BCUT2D eigenvalue weighted by atomic mass is 16.5. The molecular formula is C15H18O5. The Balaban J connectivity index is 2.78. The fraction of sp³-hybridized carbons (Fsp3) is 0.333. The van der Waals surface area contributed by atoms with Crippen LogP contribution in [0.2, 0.25) is 0 Å². The van der Waals surface area contributed by atoms with E-state index in [9.17, 15) is 10.2 Å². The topological polar surface area (TPSA) is 68.2 Å². The molecule has 2 aromatic carbocycles. The average molecular weight is 278 g/mol. The predicted octanol–water partition coefficient (Wildman–Crippen LogP) is 3.06. The second kappa shape index (κ2) is 5.77. The van der Waals surface area contributed by atoms with Crippen molar-refractivity contribution in [2.75, 3.05) is 20.3 Å². The number of methoxy groups -OCH3 is 1. The van der Waals surface area contributed by atoms with Crippen LogP contribution in [0.1, 0.15) is 13.8 Å². The molecule has 0 aliphatic rings. The van der Waals surface area contributed by atoms with E-state index in [0.29, 0.717) is 29.7 Å². The van der Waals surface area contributed by atoms with Gasteiger partial charge < -0.3 is 24.4 Å². The van der Waals surface area contributed by atoms with Crippen LogP contribution < -0.4 is 14.2 Å². The van der Waals surface area contributed by atoms with Crippen LogP contribution >= 0.6 is 0 Å². The van der Waals surface area contributed by atoms with E-state index in [-0.39, 0.29) is 23.0 Å². The minimum atomic E-state index is -0.0676. The Morgan fingerprint density at radius 2 is 1.45 bits per heavy atom. The summed E-state index contributed by atoms with van der Waals surface area (Å²) in [7, 11) is 1.54. The smallest absolute Gasteiger partial charge is 0.207 e. The lowest BCUT2D eigenvalue weighted by Crippen LogP contribution is -2.00. The van der Waals surface area contributed by atoms with Crippen molar-refractivity contribution in [1.29, 1.82) is 0 Å². The van der Waals surface area contributed by atoms with Gasteiger partial charge in [-0.05, 0) is 32.0 Å². The largest absolute Gasteiger partial charge is 0.504 e. The summed E-state index contributed by atoms with van der Waals surface area (Å²) in [5.74, 6) is 0.767. The number of phenolic OH excluding ortho intramolecular Hbond substituents is 2. The number of rotatable bonds is 5. The first-order valence-electron chi connectivity index (χ1n) is 6.45. The van der Waals surface area contributed by atoms with Crippen LogP contribution in [0, 0.1) is 0 Å². The van der Waals surface area contributed by atoms with Gasteiger partial charge in [-0.15, -0.1) is 0 Å². The second-order valence-corrected chi connectivity index (χ2v) is 4.13. The molecule has 108 valence electrons. The van der Waals surface area contributed by atoms with Crippen molar-refractivity contribution in [1.82, 2.24) is 0 Å². The van der Waals surface area contributed by atoms with Gasteiger partial charge in [0.05, 0.1) is 20.3 Å². The Hall–Kier alpha value is -2.30.